The van der Waals surface area contributed by atoms with Crippen LogP contribution in [-0.4, -0.2) is 55.2 Å². The van der Waals surface area contributed by atoms with Gasteiger partial charge in [-0.15, -0.1) is 0 Å². The van der Waals surface area contributed by atoms with Crippen molar-refractivity contribution in [2.45, 2.75) is 12.8 Å². The van der Waals surface area contributed by atoms with Crippen molar-refractivity contribution in [3.63, 3.8) is 0 Å². The SMILES string of the molecule is NC(=S)CCC(=O)NCCN1CCOCC1. The number of nitrogens with two attached hydrogens (primary N) is 1. The number of hydrogen-bond donors (Lipinski definition) is 2. The molecule has 16 heavy (non-hydrogen) atoms. The van der Waals surface area contributed by atoms with E-state index in [0.29, 0.717) is 24.4 Å². The summed E-state index contributed by atoms with van der Waals surface area (Å²) in [6, 6.07) is 0. The summed E-state index contributed by atoms with van der Waals surface area (Å²) in [5, 5.41) is 2.85. The minimum absolute atomic E-state index is 0.0149. The average molecular weight is 245 g/mol. The summed E-state index contributed by atoms with van der Waals surface area (Å²) in [6.07, 6.45) is 0.872. The van der Waals surface area contributed by atoms with Gasteiger partial charge in [-0.05, 0) is 0 Å². The molecule has 0 unspecified atom stereocenters. The maximum absolute atomic E-state index is 11.3. The summed E-state index contributed by atoms with van der Waals surface area (Å²) >= 11 is 4.70. The van der Waals surface area contributed by atoms with Crippen LogP contribution in [0.5, 0.6) is 0 Å². The van der Waals surface area contributed by atoms with Crippen LogP contribution in [0.15, 0.2) is 0 Å². The predicted molar refractivity (Wildman–Crippen MR) is 66.3 cm³/mol. The van der Waals surface area contributed by atoms with Gasteiger partial charge >= 0.3 is 0 Å². The molecular formula is C10H19N3O2S. The highest BCUT2D eigenvalue weighted by molar-refractivity contribution is 7.80. The molecule has 1 heterocycles. The van der Waals surface area contributed by atoms with E-state index in [4.69, 9.17) is 22.7 Å². The van der Waals surface area contributed by atoms with E-state index in [2.05, 4.69) is 10.2 Å². The normalized spacial score (nSPS) is 17.0. The second-order valence-electron chi connectivity index (χ2n) is 3.77. The number of thiocarbonyl (C=S) groups is 1. The summed E-state index contributed by atoms with van der Waals surface area (Å²) in [5.74, 6) is 0.0149. The summed E-state index contributed by atoms with van der Waals surface area (Å²) in [4.78, 5) is 14.0. The third-order valence-corrected chi connectivity index (χ3v) is 2.66. The zero-order valence-electron chi connectivity index (χ0n) is 9.41. The van der Waals surface area contributed by atoms with Crippen LogP contribution in [0.1, 0.15) is 12.8 Å². The smallest absolute Gasteiger partial charge is 0.220 e. The van der Waals surface area contributed by atoms with Crippen molar-refractivity contribution in [3.8, 4) is 0 Å². The first-order valence-corrected chi connectivity index (χ1v) is 5.94. The Hall–Kier alpha value is -0.720. The van der Waals surface area contributed by atoms with Gasteiger partial charge in [0.15, 0.2) is 0 Å². The molecule has 0 aromatic carbocycles. The number of nitrogens with zero attached hydrogens (tertiary/aromatic N) is 1. The molecule has 92 valence electrons. The van der Waals surface area contributed by atoms with Gasteiger partial charge in [0.2, 0.25) is 5.91 Å². The van der Waals surface area contributed by atoms with Crippen molar-refractivity contribution in [1.29, 1.82) is 0 Å². The lowest BCUT2D eigenvalue weighted by molar-refractivity contribution is -0.121. The van der Waals surface area contributed by atoms with Crippen LogP contribution in [0.4, 0.5) is 0 Å². The number of ether oxygens (including phenoxy) is 1. The Kier molecular flexibility index (Phi) is 6.29. The monoisotopic (exact) mass is 245 g/mol. The van der Waals surface area contributed by atoms with E-state index in [1.54, 1.807) is 0 Å². The molecule has 0 radical (unpaired) electrons. The van der Waals surface area contributed by atoms with Crippen LogP contribution in [-0.2, 0) is 9.53 Å². The molecule has 1 rings (SSSR count). The summed E-state index contributed by atoms with van der Waals surface area (Å²) in [5.41, 5.74) is 5.32. The minimum atomic E-state index is 0.0149. The summed E-state index contributed by atoms with van der Waals surface area (Å²) in [6.45, 7) is 5.02. The van der Waals surface area contributed by atoms with E-state index < -0.39 is 0 Å². The highest BCUT2D eigenvalue weighted by Crippen LogP contribution is 1.95. The quantitative estimate of drug-likeness (QED) is 0.618. The number of nitrogens with one attached hydrogen (secondary N) is 1. The lowest BCUT2D eigenvalue weighted by atomic mass is 10.3. The van der Waals surface area contributed by atoms with Gasteiger partial charge < -0.3 is 15.8 Å². The Balaban J connectivity index is 2.01. The molecule has 5 nitrogen and oxygen atoms in total. The van der Waals surface area contributed by atoms with Crippen LogP contribution in [0.25, 0.3) is 0 Å². The molecule has 0 bridgehead atoms. The Morgan fingerprint density at radius 3 is 2.69 bits per heavy atom. The molecule has 6 heteroatoms. The highest BCUT2D eigenvalue weighted by Gasteiger charge is 2.09. The second kappa shape index (κ2) is 7.54. The first-order chi connectivity index (χ1) is 7.68. The molecule has 0 saturated carbocycles. The Bertz CT molecular complexity index is 242. The second-order valence-corrected chi connectivity index (χ2v) is 4.29. The average Bonchev–Trinajstić information content (AvgIpc) is 2.28. The van der Waals surface area contributed by atoms with Gasteiger partial charge in [-0.2, -0.15) is 0 Å². The van der Waals surface area contributed by atoms with Crippen molar-refractivity contribution in [3.05, 3.63) is 0 Å². The van der Waals surface area contributed by atoms with Gasteiger partial charge in [-0.25, -0.2) is 0 Å². The first kappa shape index (κ1) is 13.3. The van der Waals surface area contributed by atoms with Crippen LogP contribution >= 0.6 is 12.2 Å². The third kappa shape index (κ3) is 5.99. The van der Waals surface area contributed by atoms with E-state index in [9.17, 15) is 4.79 Å². The van der Waals surface area contributed by atoms with Crippen molar-refractivity contribution < 1.29 is 9.53 Å². The number of rotatable bonds is 6. The van der Waals surface area contributed by atoms with Crippen molar-refractivity contribution in [2.75, 3.05) is 39.4 Å². The van der Waals surface area contributed by atoms with Gasteiger partial charge in [0, 0.05) is 39.0 Å². The fourth-order valence-electron chi connectivity index (χ4n) is 1.50. The highest BCUT2D eigenvalue weighted by atomic mass is 32.1. The fraction of sp³-hybridized carbons (Fsp3) is 0.800. The Morgan fingerprint density at radius 2 is 2.06 bits per heavy atom. The van der Waals surface area contributed by atoms with Crippen molar-refractivity contribution in [1.82, 2.24) is 10.2 Å². The number of amides is 1. The topological polar surface area (TPSA) is 67.6 Å². The largest absolute Gasteiger partial charge is 0.393 e. The van der Waals surface area contributed by atoms with Crippen LogP contribution in [0.3, 0.4) is 0 Å². The molecule has 1 aliphatic heterocycles. The van der Waals surface area contributed by atoms with E-state index >= 15 is 0 Å². The molecule has 0 aromatic heterocycles. The molecule has 1 saturated heterocycles. The van der Waals surface area contributed by atoms with Gasteiger partial charge in [0.1, 0.15) is 0 Å². The number of carbonyl (C=O) groups is 1. The third-order valence-electron chi connectivity index (χ3n) is 2.45. The molecule has 1 amide bonds. The molecule has 1 aliphatic rings. The first-order valence-electron chi connectivity index (χ1n) is 5.53. The number of carbonyl (C=O) groups excluding carboxylic acids is 1. The van der Waals surface area contributed by atoms with E-state index in [0.717, 1.165) is 32.8 Å². The molecule has 1 fully saturated rings. The van der Waals surface area contributed by atoms with Gasteiger partial charge in [-0.3, -0.25) is 9.69 Å². The molecule has 0 aromatic rings. The standard InChI is InChI=1S/C10H19N3O2S/c11-9(16)1-2-10(14)12-3-4-13-5-7-15-8-6-13/h1-8H2,(H2,11,16)(H,12,14). The zero-order valence-corrected chi connectivity index (χ0v) is 10.2. The summed E-state index contributed by atoms with van der Waals surface area (Å²) < 4.78 is 5.23. The zero-order chi connectivity index (χ0) is 11.8. The maximum atomic E-state index is 11.3. The molecule has 0 aliphatic carbocycles. The molecular weight excluding hydrogens is 226 g/mol. The van der Waals surface area contributed by atoms with E-state index in [1.165, 1.54) is 0 Å². The number of hydrogen-bond acceptors (Lipinski definition) is 4. The van der Waals surface area contributed by atoms with Crippen LogP contribution in [0, 0.1) is 0 Å². The van der Waals surface area contributed by atoms with Crippen LogP contribution in [0.2, 0.25) is 0 Å². The Morgan fingerprint density at radius 1 is 1.38 bits per heavy atom. The molecule has 0 atom stereocenters. The van der Waals surface area contributed by atoms with E-state index in [-0.39, 0.29) is 5.91 Å². The lowest BCUT2D eigenvalue weighted by Crippen LogP contribution is -2.41. The maximum Gasteiger partial charge on any atom is 0.220 e. The van der Waals surface area contributed by atoms with Gasteiger partial charge in [0.05, 0.1) is 18.2 Å². The van der Waals surface area contributed by atoms with Crippen molar-refractivity contribution >= 4 is 23.1 Å². The van der Waals surface area contributed by atoms with E-state index in [1.807, 2.05) is 0 Å². The van der Waals surface area contributed by atoms with Gasteiger partial charge in [-0.1, -0.05) is 12.2 Å². The Labute approximate surface area is 101 Å². The van der Waals surface area contributed by atoms with Crippen LogP contribution < -0.4 is 11.1 Å². The molecule has 0 spiro atoms. The minimum Gasteiger partial charge on any atom is -0.393 e. The van der Waals surface area contributed by atoms with Gasteiger partial charge in [0.25, 0.3) is 0 Å². The lowest BCUT2D eigenvalue weighted by Gasteiger charge is -2.26. The predicted octanol–water partition coefficient (Wildman–Crippen LogP) is -0.499. The van der Waals surface area contributed by atoms with Crippen molar-refractivity contribution in [2.24, 2.45) is 5.73 Å². The number of morpholine rings is 1. The summed E-state index contributed by atoms with van der Waals surface area (Å²) in [7, 11) is 0. The molecule has 3 N–H and O–H groups in total. The fourth-order valence-corrected chi connectivity index (χ4v) is 1.61.